The van der Waals surface area contributed by atoms with Gasteiger partial charge in [-0.3, -0.25) is 0 Å². The zero-order valence-corrected chi connectivity index (χ0v) is 8.00. The minimum absolute atomic E-state index is 0.124. The normalized spacial score (nSPS) is 16.3. The topological polar surface area (TPSA) is 52.0 Å². The first-order chi connectivity index (χ1) is 6.98. The lowest BCUT2D eigenvalue weighted by Crippen LogP contribution is -2.60. The van der Waals surface area contributed by atoms with E-state index in [0.717, 1.165) is 0 Å². The minimum atomic E-state index is -6.34. The average Bonchev–Trinajstić information content (AvgIpc) is 2.11. The molecular formula is C7H11F7N2. The molecule has 0 aromatic rings. The van der Waals surface area contributed by atoms with Crippen LogP contribution in [0.5, 0.6) is 0 Å². The summed E-state index contributed by atoms with van der Waals surface area (Å²) in [4.78, 5) is 0. The van der Waals surface area contributed by atoms with E-state index in [2.05, 4.69) is 5.73 Å². The maximum absolute atomic E-state index is 12.8. The molecule has 0 unspecified atom stereocenters. The van der Waals surface area contributed by atoms with Gasteiger partial charge in [-0.05, 0) is 19.4 Å². The van der Waals surface area contributed by atoms with Gasteiger partial charge in [-0.1, -0.05) is 0 Å². The zero-order chi connectivity index (χ0) is 13.2. The Hall–Kier alpha value is -0.570. The fourth-order valence-electron chi connectivity index (χ4n) is 0.941. The maximum atomic E-state index is 12.8. The number of rotatable bonds is 5. The molecule has 2 nitrogen and oxygen atoms in total. The summed E-state index contributed by atoms with van der Waals surface area (Å²) in [5.74, 6) is -11.5. The molecule has 9 heteroatoms. The van der Waals surface area contributed by atoms with Crippen LogP contribution in [0.15, 0.2) is 0 Å². The fraction of sp³-hybridized carbons (Fsp3) is 1.00. The first-order valence-electron chi connectivity index (χ1n) is 4.26. The van der Waals surface area contributed by atoms with Gasteiger partial charge in [0.15, 0.2) is 0 Å². The summed E-state index contributed by atoms with van der Waals surface area (Å²) in [7, 11) is 0. The van der Waals surface area contributed by atoms with Crippen LogP contribution in [0.1, 0.15) is 12.8 Å². The molecule has 0 spiro atoms. The van der Waals surface area contributed by atoms with E-state index in [-0.39, 0.29) is 13.0 Å². The number of halogens is 7. The number of hydrogen-bond donors (Lipinski definition) is 2. The van der Waals surface area contributed by atoms with E-state index in [4.69, 9.17) is 5.73 Å². The summed E-state index contributed by atoms with van der Waals surface area (Å²) in [5.41, 5.74) is 9.54. The monoisotopic (exact) mass is 256 g/mol. The van der Waals surface area contributed by atoms with Gasteiger partial charge in [-0.15, -0.1) is 0 Å². The van der Waals surface area contributed by atoms with Gasteiger partial charge < -0.3 is 11.5 Å². The highest BCUT2D eigenvalue weighted by Crippen LogP contribution is 2.48. The van der Waals surface area contributed by atoms with E-state index in [0.29, 0.717) is 0 Å². The molecule has 0 saturated carbocycles. The summed E-state index contributed by atoms with van der Waals surface area (Å²) in [6.45, 7) is -0.124. The SMILES string of the molecule is NCCC[C@@H](N)C(F)(F)C(F)(F)C(F)(F)F. The molecule has 0 aliphatic heterocycles. The van der Waals surface area contributed by atoms with Crippen molar-refractivity contribution in [2.45, 2.75) is 36.9 Å². The third kappa shape index (κ3) is 2.76. The van der Waals surface area contributed by atoms with Crippen LogP contribution in [0.3, 0.4) is 0 Å². The number of alkyl halides is 7. The van der Waals surface area contributed by atoms with Crippen molar-refractivity contribution in [1.82, 2.24) is 0 Å². The summed E-state index contributed by atoms with van der Waals surface area (Å²) in [5, 5.41) is 0. The third-order valence-corrected chi connectivity index (χ3v) is 1.96. The molecule has 0 bridgehead atoms. The van der Waals surface area contributed by atoms with Crippen LogP contribution < -0.4 is 11.5 Å². The van der Waals surface area contributed by atoms with Gasteiger partial charge in [0.25, 0.3) is 0 Å². The maximum Gasteiger partial charge on any atom is 0.459 e. The summed E-state index contributed by atoms with van der Waals surface area (Å²) in [6.07, 6.45) is -7.21. The molecule has 0 aliphatic carbocycles. The van der Waals surface area contributed by atoms with Crippen molar-refractivity contribution in [2.75, 3.05) is 6.54 Å². The second kappa shape index (κ2) is 4.74. The van der Waals surface area contributed by atoms with E-state index in [1.54, 1.807) is 0 Å². The van der Waals surface area contributed by atoms with E-state index in [1.807, 2.05) is 0 Å². The van der Waals surface area contributed by atoms with Gasteiger partial charge in [-0.25, -0.2) is 0 Å². The van der Waals surface area contributed by atoms with Gasteiger partial charge in [-0.2, -0.15) is 30.7 Å². The highest BCUT2D eigenvalue weighted by atomic mass is 19.4. The van der Waals surface area contributed by atoms with Crippen LogP contribution in [-0.4, -0.2) is 30.6 Å². The Morgan fingerprint density at radius 1 is 0.938 bits per heavy atom. The zero-order valence-electron chi connectivity index (χ0n) is 8.00. The minimum Gasteiger partial charge on any atom is -0.330 e. The Balaban J connectivity index is 4.89. The smallest absolute Gasteiger partial charge is 0.330 e. The molecule has 0 aromatic carbocycles. The van der Waals surface area contributed by atoms with Crippen molar-refractivity contribution in [3.8, 4) is 0 Å². The third-order valence-electron chi connectivity index (χ3n) is 1.96. The average molecular weight is 256 g/mol. The van der Waals surface area contributed by atoms with Crippen LogP contribution in [-0.2, 0) is 0 Å². The van der Waals surface area contributed by atoms with Crippen molar-refractivity contribution in [2.24, 2.45) is 11.5 Å². The van der Waals surface area contributed by atoms with E-state index in [1.165, 1.54) is 0 Å². The molecule has 0 heterocycles. The molecule has 0 aliphatic rings. The van der Waals surface area contributed by atoms with Crippen LogP contribution in [0.2, 0.25) is 0 Å². The second-order valence-corrected chi connectivity index (χ2v) is 3.23. The van der Waals surface area contributed by atoms with E-state index in [9.17, 15) is 30.7 Å². The van der Waals surface area contributed by atoms with E-state index < -0.39 is 30.5 Å². The molecule has 4 N–H and O–H groups in total. The lowest BCUT2D eigenvalue weighted by Gasteiger charge is -2.32. The van der Waals surface area contributed by atoms with Crippen molar-refractivity contribution in [3.05, 3.63) is 0 Å². The van der Waals surface area contributed by atoms with Crippen LogP contribution >= 0.6 is 0 Å². The van der Waals surface area contributed by atoms with Gasteiger partial charge in [0, 0.05) is 0 Å². The first kappa shape index (κ1) is 15.4. The van der Waals surface area contributed by atoms with E-state index >= 15 is 0 Å². The van der Waals surface area contributed by atoms with Crippen molar-refractivity contribution in [1.29, 1.82) is 0 Å². The fourth-order valence-corrected chi connectivity index (χ4v) is 0.941. The Bertz CT molecular complexity index is 225. The van der Waals surface area contributed by atoms with Crippen molar-refractivity contribution < 1.29 is 30.7 Å². The largest absolute Gasteiger partial charge is 0.459 e. The standard InChI is InChI=1S/C7H11F7N2/c8-5(9,4(16)2-1-3-15)6(10,11)7(12,13)14/h4H,1-3,15-16H2/t4-/m1/s1. The second-order valence-electron chi connectivity index (χ2n) is 3.23. The van der Waals surface area contributed by atoms with Crippen LogP contribution in [0.4, 0.5) is 30.7 Å². The highest BCUT2D eigenvalue weighted by molar-refractivity contribution is 4.97. The molecule has 0 rings (SSSR count). The molecule has 0 fully saturated rings. The summed E-state index contributed by atoms with van der Waals surface area (Å²) < 4.78 is 85.5. The van der Waals surface area contributed by atoms with Crippen molar-refractivity contribution in [3.63, 3.8) is 0 Å². The molecule has 1 atom stereocenters. The first-order valence-corrected chi connectivity index (χ1v) is 4.26. The highest BCUT2D eigenvalue weighted by Gasteiger charge is 2.74. The van der Waals surface area contributed by atoms with Gasteiger partial charge in [0.2, 0.25) is 0 Å². The molecule has 16 heavy (non-hydrogen) atoms. The molecular weight excluding hydrogens is 245 g/mol. The molecule has 0 radical (unpaired) electrons. The predicted octanol–water partition coefficient (Wildman–Crippen LogP) is 1.89. The predicted molar refractivity (Wildman–Crippen MR) is 42.2 cm³/mol. The number of nitrogens with two attached hydrogens (primary N) is 2. The lowest BCUT2D eigenvalue weighted by molar-refractivity contribution is -0.358. The summed E-state index contributed by atoms with van der Waals surface area (Å²) in [6, 6.07) is -2.59. The Labute approximate surface area is 86.8 Å². The molecule has 0 amide bonds. The number of hydrogen-bond acceptors (Lipinski definition) is 2. The Morgan fingerprint density at radius 2 is 1.38 bits per heavy atom. The molecule has 0 aromatic heterocycles. The molecule has 98 valence electrons. The van der Waals surface area contributed by atoms with Gasteiger partial charge in [0.1, 0.15) is 0 Å². The Morgan fingerprint density at radius 3 is 1.69 bits per heavy atom. The quantitative estimate of drug-likeness (QED) is 0.738. The molecule has 0 saturated heterocycles. The van der Waals surface area contributed by atoms with Gasteiger partial charge >= 0.3 is 18.0 Å². The van der Waals surface area contributed by atoms with Crippen molar-refractivity contribution >= 4 is 0 Å². The van der Waals surface area contributed by atoms with Crippen LogP contribution in [0.25, 0.3) is 0 Å². The van der Waals surface area contributed by atoms with Crippen LogP contribution in [0, 0.1) is 0 Å². The summed E-state index contributed by atoms with van der Waals surface area (Å²) >= 11 is 0. The Kier molecular flexibility index (Phi) is 4.57. The van der Waals surface area contributed by atoms with Gasteiger partial charge in [0.05, 0.1) is 6.04 Å². The lowest BCUT2D eigenvalue weighted by atomic mass is 9.99.